The Balaban J connectivity index is 1.91. The molecule has 5 heteroatoms. The van der Waals surface area contributed by atoms with Crippen LogP contribution in [-0.2, 0) is 6.42 Å². The predicted molar refractivity (Wildman–Crippen MR) is 74.1 cm³/mol. The molecule has 4 nitrogen and oxygen atoms in total. The molecule has 2 aromatic heterocycles. The molecule has 0 saturated carbocycles. The number of nitrogens with zero attached hydrogens (tertiary/aromatic N) is 3. The Kier molecular flexibility index (Phi) is 3.20. The van der Waals surface area contributed by atoms with E-state index in [0.717, 1.165) is 16.9 Å². The number of phenolic OH excluding ortho intramolecular Hbond substituents is 1. The minimum atomic E-state index is 0.284. The van der Waals surface area contributed by atoms with Crippen molar-refractivity contribution in [1.82, 2.24) is 15.0 Å². The van der Waals surface area contributed by atoms with Gasteiger partial charge in [0.2, 0.25) is 0 Å². The second kappa shape index (κ2) is 5.16. The van der Waals surface area contributed by atoms with E-state index in [-0.39, 0.29) is 5.75 Å². The largest absolute Gasteiger partial charge is 0.508 e. The van der Waals surface area contributed by atoms with Crippen LogP contribution in [0.15, 0.2) is 48.4 Å². The molecule has 19 heavy (non-hydrogen) atoms. The van der Waals surface area contributed by atoms with Gasteiger partial charge in [0, 0.05) is 0 Å². The second-order valence-electron chi connectivity index (χ2n) is 4.08. The third-order valence-electron chi connectivity index (χ3n) is 2.77. The van der Waals surface area contributed by atoms with Gasteiger partial charge in [0.15, 0.2) is 5.82 Å². The number of phenols is 1. The summed E-state index contributed by atoms with van der Waals surface area (Å²) in [6, 6.07) is 9.32. The molecule has 0 fully saturated rings. The van der Waals surface area contributed by atoms with Gasteiger partial charge in [-0.3, -0.25) is 0 Å². The van der Waals surface area contributed by atoms with Crippen LogP contribution in [0.3, 0.4) is 0 Å². The fourth-order valence-corrected chi connectivity index (χ4v) is 2.73. The molecule has 0 aliphatic heterocycles. The minimum absolute atomic E-state index is 0.284. The molecule has 0 saturated heterocycles. The fraction of sp³-hybridized carbons (Fsp3) is 0.0714. The van der Waals surface area contributed by atoms with Crippen molar-refractivity contribution >= 4 is 11.3 Å². The molecule has 1 aromatic carbocycles. The molecule has 0 aliphatic carbocycles. The van der Waals surface area contributed by atoms with E-state index in [1.807, 2.05) is 17.5 Å². The molecule has 0 amide bonds. The van der Waals surface area contributed by atoms with E-state index in [1.165, 1.54) is 18.2 Å². The average Bonchev–Trinajstić information content (AvgIpc) is 2.90. The molecule has 3 rings (SSSR count). The zero-order valence-corrected chi connectivity index (χ0v) is 10.8. The second-order valence-corrected chi connectivity index (χ2v) is 5.00. The van der Waals surface area contributed by atoms with Gasteiger partial charge >= 0.3 is 0 Å². The quantitative estimate of drug-likeness (QED) is 0.794. The Bertz CT molecular complexity index is 665. The first kappa shape index (κ1) is 11.8. The van der Waals surface area contributed by atoms with Gasteiger partial charge < -0.3 is 5.11 Å². The number of benzene rings is 1. The van der Waals surface area contributed by atoms with Crippen molar-refractivity contribution in [3.8, 4) is 16.5 Å². The highest BCUT2D eigenvalue weighted by atomic mass is 32.1. The van der Waals surface area contributed by atoms with Crippen molar-refractivity contribution in [2.75, 3.05) is 0 Å². The normalized spacial score (nSPS) is 10.5. The first-order valence-electron chi connectivity index (χ1n) is 5.79. The van der Waals surface area contributed by atoms with Gasteiger partial charge in [-0.15, -0.1) is 11.3 Å². The van der Waals surface area contributed by atoms with Crippen molar-refractivity contribution in [2.45, 2.75) is 6.42 Å². The molecule has 0 radical (unpaired) electrons. The molecule has 0 aliphatic rings. The fourth-order valence-electron chi connectivity index (χ4n) is 1.86. The number of thiophene rings is 1. The summed E-state index contributed by atoms with van der Waals surface area (Å²) < 4.78 is 0. The summed E-state index contributed by atoms with van der Waals surface area (Å²) in [6.45, 7) is 0. The highest BCUT2D eigenvalue weighted by Crippen LogP contribution is 2.28. The smallest absolute Gasteiger partial charge is 0.172 e. The third-order valence-corrected chi connectivity index (χ3v) is 3.73. The lowest BCUT2D eigenvalue weighted by Gasteiger charge is -2.03. The summed E-state index contributed by atoms with van der Waals surface area (Å²) in [7, 11) is 0. The van der Waals surface area contributed by atoms with Crippen LogP contribution in [0.25, 0.3) is 10.7 Å². The van der Waals surface area contributed by atoms with E-state index >= 15 is 0 Å². The summed E-state index contributed by atoms with van der Waals surface area (Å²) in [5.41, 5.74) is 2.33. The molecule has 0 bridgehead atoms. The Labute approximate surface area is 114 Å². The SMILES string of the molecule is Oc1ccc(Cc2ccsc2-c2ncncn2)cc1. The van der Waals surface area contributed by atoms with Crippen molar-refractivity contribution in [1.29, 1.82) is 0 Å². The van der Waals surface area contributed by atoms with Crippen LogP contribution in [0.4, 0.5) is 0 Å². The van der Waals surface area contributed by atoms with Gasteiger partial charge in [-0.2, -0.15) is 0 Å². The van der Waals surface area contributed by atoms with E-state index in [4.69, 9.17) is 0 Å². The lowest BCUT2D eigenvalue weighted by Crippen LogP contribution is -1.92. The van der Waals surface area contributed by atoms with Gasteiger partial charge in [-0.05, 0) is 41.1 Å². The summed E-state index contributed by atoms with van der Waals surface area (Å²) in [5.74, 6) is 0.991. The van der Waals surface area contributed by atoms with Crippen molar-refractivity contribution in [3.05, 3.63) is 59.5 Å². The molecular formula is C14H11N3OS. The van der Waals surface area contributed by atoms with Crippen molar-refractivity contribution in [3.63, 3.8) is 0 Å². The molecule has 0 unspecified atom stereocenters. The zero-order valence-electron chi connectivity index (χ0n) is 10.0. The maximum absolute atomic E-state index is 9.29. The lowest BCUT2D eigenvalue weighted by atomic mass is 10.1. The van der Waals surface area contributed by atoms with Crippen molar-refractivity contribution in [2.24, 2.45) is 0 Å². The van der Waals surface area contributed by atoms with E-state index in [0.29, 0.717) is 5.82 Å². The van der Waals surface area contributed by atoms with Gasteiger partial charge in [0.25, 0.3) is 0 Å². The van der Waals surface area contributed by atoms with Crippen LogP contribution < -0.4 is 0 Å². The lowest BCUT2D eigenvalue weighted by molar-refractivity contribution is 0.475. The van der Waals surface area contributed by atoms with Crippen LogP contribution in [0, 0.1) is 0 Å². The highest BCUT2D eigenvalue weighted by Gasteiger charge is 2.09. The standard InChI is InChI=1S/C14H11N3OS/c18-12-3-1-10(2-4-12)7-11-5-6-19-13(11)14-16-8-15-9-17-14/h1-6,8-9,18H,7H2. The molecular weight excluding hydrogens is 258 g/mol. The van der Waals surface area contributed by atoms with Crippen LogP contribution >= 0.6 is 11.3 Å². The van der Waals surface area contributed by atoms with Crippen LogP contribution in [-0.4, -0.2) is 20.1 Å². The Morgan fingerprint density at radius 1 is 1.00 bits per heavy atom. The summed E-state index contributed by atoms with van der Waals surface area (Å²) in [4.78, 5) is 13.3. The first-order chi connectivity index (χ1) is 9.33. The van der Waals surface area contributed by atoms with Crippen molar-refractivity contribution < 1.29 is 5.11 Å². The zero-order chi connectivity index (χ0) is 13.1. The van der Waals surface area contributed by atoms with Crippen LogP contribution in [0.5, 0.6) is 5.75 Å². The number of hydrogen-bond acceptors (Lipinski definition) is 5. The van der Waals surface area contributed by atoms with Gasteiger partial charge in [-0.25, -0.2) is 15.0 Å². The number of aromatic hydroxyl groups is 1. The number of hydrogen-bond donors (Lipinski definition) is 1. The first-order valence-corrected chi connectivity index (χ1v) is 6.67. The monoisotopic (exact) mass is 269 g/mol. The molecule has 94 valence electrons. The average molecular weight is 269 g/mol. The minimum Gasteiger partial charge on any atom is -0.508 e. The predicted octanol–water partition coefficient (Wildman–Crippen LogP) is 2.90. The van der Waals surface area contributed by atoms with Gasteiger partial charge in [0.1, 0.15) is 18.4 Å². The molecule has 2 heterocycles. The van der Waals surface area contributed by atoms with E-state index < -0.39 is 0 Å². The maximum atomic E-state index is 9.29. The van der Waals surface area contributed by atoms with Crippen LogP contribution in [0.1, 0.15) is 11.1 Å². The number of rotatable bonds is 3. The van der Waals surface area contributed by atoms with Gasteiger partial charge in [-0.1, -0.05) is 12.1 Å². The molecule has 3 aromatic rings. The van der Waals surface area contributed by atoms with E-state index in [1.54, 1.807) is 23.5 Å². The maximum Gasteiger partial charge on any atom is 0.172 e. The van der Waals surface area contributed by atoms with E-state index in [2.05, 4.69) is 21.0 Å². The van der Waals surface area contributed by atoms with Crippen LogP contribution in [0.2, 0.25) is 0 Å². The Morgan fingerprint density at radius 2 is 1.74 bits per heavy atom. The Hall–Kier alpha value is -2.27. The molecule has 0 spiro atoms. The topological polar surface area (TPSA) is 58.9 Å². The number of aromatic nitrogens is 3. The summed E-state index contributed by atoms with van der Waals surface area (Å²) in [5, 5.41) is 11.3. The van der Waals surface area contributed by atoms with E-state index in [9.17, 15) is 5.11 Å². The third kappa shape index (κ3) is 2.61. The highest BCUT2D eigenvalue weighted by molar-refractivity contribution is 7.13. The molecule has 1 N–H and O–H groups in total. The molecule has 0 atom stereocenters. The van der Waals surface area contributed by atoms with Gasteiger partial charge in [0.05, 0.1) is 4.88 Å². The summed E-state index contributed by atoms with van der Waals surface area (Å²) in [6.07, 6.45) is 3.81. The Morgan fingerprint density at radius 3 is 2.47 bits per heavy atom. The summed E-state index contributed by atoms with van der Waals surface area (Å²) >= 11 is 1.62.